The number of benzene rings is 1. The lowest BCUT2D eigenvalue weighted by molar-refractivity contribution is -0.385. The van der Waals surface area contributed by atoms with Crippen molar-refractivity contribution < 1.29 is 28.7 Å². The third-order valence-corrected chi connectivity index (χ3v) is 3.17. The number of nitrogens with one attached hydrogen (secondary N) is 1. The second-order valence-corrected chi connectivity index (χ2v) is 5.66. The molecule has 1 amide bonds. The van der Waals surface area contributed by atoms with Crippen LogP contribution < -0.4 is 14.8 Å². The monoisotopic (exact) mass is 350 g/mol. The fraction of sp³-hybridized carbons (Fsp3) is 0.375. The smallest absolute Gasteiger partial charge is 0.331 e. The first-order valence-electron chi connectivity index (χ1n) is 7.56. The largest absolute Gasteiger partial charge is 0.454 e. The SMILES string of the molecule is CC(C)CNC(=O)COC(=O)/C=C/c1cc2c(cc1[N+](=O)[O-])OCO2. The van der Waals surface area contributed by atoms with Gasteiger partial charge >= 0.3 is 5.97 Å². The number of hydrogen-bond donors (Lipinski definition) is 1. The Hall–Kier alpha value is -3.10. The summed E-state index contributed by atoms with van der Waals surface area (Å²) in [7, 11) is 0. The second-order valence-electron chi connectivity index (χ2n) is 5.66. The summed E-state index contributed by atoms with van der Waals surface area (Å²) in [5.74, 6) is -0.290. The molecule has 0 spiro atoms. The molecule has 0 aromatic heterocycles. The van der Waals surface area contributed by atoms with E-state index in [2.05, 4.69) is 5.32 Å². The molecular formula is C16H18N2O7. The molecule has 1 aromatic carbocycles. The minimum atomic E-state index is -0.785. The van der Waals surface area contributed by atoms with Crippen LogP contribution in [0, 0.1) is 16.0 Å². The van der Waals surface area contributed by atoms with Crippen molar-refractivity contribution in [1.82, 2.24) is 5.32 Å². The van der Waals surface area contributed by atoms with Gasteiger partial charge in [-0.25, -0.2) is 4.79 Å². The van der Waals surface area contributed by atoms with E-state index in [0.29, 0.717) is 12.3 Å². The number of nitrogens with zero attached hydrogens (tertiary/aromatic N) is 1. The quantitative estimate of drug-likeness (QED) is 0.344. The lowest BCUT2D eigenvalue weighted by Crippen LogP contribution is -2.31. The molecule has 0 atom stereocenters. The summed E-state index contributed by atoms with van der Waals surface area (Å²) in [5.41, 5.74) is -0.0709. The van der Waals surface area contributed by atoms with Crippen molar-refractivity contribution in [3.05, 3.63) is 33.9 Å². The van der Waals surface area contributed by atoms with E-state index in [9.17, 15) is 19.7 Å². The van der Waals surface area contributed by atoms with Gasteiger partial charge < -0.3 is 19.5 Å². The average Bonchev–Trinajstić information content (AvgIpc) is 3.02. The summed E-state index contributed by atoms with van der Waals surface area (Å²) in [6.07, 6.45) is 2.24. The summed E-state index contributed by atoms with van der Waals surface area (Å²) in [4.78, 5) is 33.6. The van der Waals surface area contributed by atoms with Crippen molar-refractivity contribution in [2.24, 2.45) is 5.92 Å². The number of hydrogen-bond acceptors (Lipinski definition) is 7. The first-order chi connectivity index (χ1) is 11.9. The average molecular weight is 350 g/mol. The van der Waals surface area contributed by atoms with Crippen LogP contribution in [0.15, 0.2) is 18.2 Å². The van der Waals surface area contributed by atoms with Crippen molar-refractivity contribution in [2.45, 2.75) is 13.8 Å². The zero-order valence-electron chi connectivity index (χ0n) is 13.8. The molecule has 0 aliphatic carbocycles. The molecule has 2 rings (SSSR count). The molecular weight excluding hydrogens is 332 g/mol. The summed E-state index contributed by atoms with van der Waals surface area (Å²) in [5, 5.41) is 13.7. The summed E-state index contributed by atoms with van der Waals surface area (Å²) < 4.78 is 15.0. The fourth-order valence-electron chi connectivity index (χ4n) is 1.95. The molecule has 0 fully saturated rings. The van der Waals surface area contributed by atoms with Gasteiger partial charge in [-0.15, -0.1) is 0 Å². The highest BCUT2D eigenvalue weighted by atomic mass is 16.7. The molecule has 25 heavy (non-hydrogen) atoms. The normalized spacial score (nSPS) is 12.4. The Labute approximate surface area is 143 Å². The standard InChI is InChI=1S/C16H18N2O7/c1-10(2)7-17-15(19)8-23-16(20)4-3-11-5-13-14(25-9-24-13)6-12(11)18(21)22/h3-6,10H,7-9H2,1-2H3,(H,17,19)/b4-3+. The van der Waals surface area contributed by atoms with Crippen LogP contribution in [0.2, 0.25) is 0 Å². The number of nitro benzene ring substituents is 1. The van der Waals surface area contributed by atoms with E-state index < -0.39 is 23.4 Å². The number of carbonyl (C=O) groups excluding carboxylic acids is 2. The van der Waals surface area contributed by atoms with Gasteiger partial charge in [0, 0.05) is 12.6 Å². The number of rotatable bonds is 7. The lowest BCUT2D eigenvalue weighted by atomic mass is 10.1. The van der Waals surface area contributed by atoms with E-state index in [1.54, 1.807) is 0 Å². The Morgan fingerprint density at radius 3 is 2.68 bits per heavy atom. The van der Waals surface area contributed by atoms with Crippen LogP contribution in [0.3, 0.4) is 0 Å². The minimum Gasteiger partial charge on any atom is -0.454 e. The van der Waals surface area contributed by atoms with Crippen molar-refractivity contribution in [2.75, 3.05) is 19.9 Å². The van der Waals surface area contributed by atoms with E-state index in [1.807, 2.05) is 13.8 Å². The summed E-state index contributed by atoms with van der Waals surface area (Å²) in [6, 6.07) is 2.63. The van der Waals surface area contributed by atoms with Gasteiger partial charge in [-0.2, -0.15) is 0 Å². The predicted octanol–water partition coefficient (Wildman–Crippen LogP) is 1.65. The molecule has 0 unspecified atom stereocenters. The maximum atomic E-state index is 11.7. The van der Waals surface area contributed by atoms with E-state index in [-0.39, 0.29) is 29.7 Å². The number of carbonyl (C=O) groups is 2. The summed E-state index contributed by atoms with van der Waals surface area (Å²) in [6.45, 7) is 3.92. The number of fused-ring (bicyclic) bond motifs is 1. The Morgan fingerprint density at radius 1 is 1.36 bits per heavy atom. The Balaban J connectivity index is 1.98. The van der Waals surface area contributed by atoms with Gasteiger partial charge in [-0.05, 0) is 18.1 Å². The Kier molecular flexibility index (Phi) is 5.93. The Bertz CT molecular complexity index is 713. The number of amides is 1. The van der Waals surface area contributed by atoms with E-state index in [1.165, 1.54) is 18.2 Å². The number of esters is 1. The predicted molar refractivity (Wildman–Crippen MR) is 87.1 cm³/mol. The van der Waals surface area contributed by atoms with Crippen LogP contribution in [0.4, 0.5) is 5.69 Å². The highest BCUT2D eigenvalue weighted by Crippen LogP contribution is 2.38. The van der Waals surface area contributed by atoms with Crippen molar-refractivity contribution in [1.29, 1.82) is 0 Å². The summed E-state index contributed by atoms with van der Waals surface area (Å²) >= 11 is 0. The highest BCUT2D eigenvalue weighted by molar-refractivity contribution is 5.90. The van der Waals surface area contributed by atoms with Gasteiger partial charge in [0.25, 0.3) is 11.6 Å². The molecule has 0 bridgehead atoms. The Morgan fingerprint density at radius 2 is 2.04 bits per heavy atom. The van der Waals surface area contributed by atoms with E-state index in [4.69, 9.17) is 14.2 Å². The van der Waals surface area contributed by atoms with Crippen LogP contribution in [-0.2, 0) is 14.3 Å². The van der Waals surface area contributed by atoms with Gasteiger partial charge in [0.2, 0.25) is 6.79 Å². The first kappa shape index (κ1) is 18.2. The molecule has 134 valence electrons. The highest BCUT2D eigenvalue weighted by Gasteiger charge is 2.22. The van der Waals surface area contributed by atoms with Crippen LogP contribution in [0.1, 0.15) is 19.4 Å². The van der Waals surface area contributed by atoms with Crippen LogP contribution in [0.25, 0.3) is 6.08 Å². The van der Waals surface area contributed by atoms with Gasteiger partial charge in [0.15, 0.2) is 18.1 Å². The molecule has 1 heterocycles. The number of nitro groups is 1. The lowest BCUT2D eigenvalue weighted by Gasteiger charge is -2.07. The van der Waals surface area contributed by atoms with Crippen LogP contribution in [0.5, 0.6) is 11.5 Å². The molecule has 1 aromatic rings. The zero-order valence-corrected chi connectivity index (χ0v) is 13.8. The van der Waals surface area contributed by atoms with Crippen LogP contribution >= 0.6 is 0 Å². The van der Waals surface area contributed by atoms with E-state index >= 15 is 0 Å². The van der Waals surface area contributed by atoms with Crippen molar-refractivity contribution in [3.63, 3.8) is 0 Å². The third kappa shape index (κ3) is 5.20. The topological polar surface area (TPSA) is 117 Å². The third-order valence-electron chi connectivity index (χ3n) is 3.17. The zero-order chi connectivity index (χ0) is 18.4. The van der Waals surface area contributed by atoms with Gasteiger partial charge in [-0.1, -0.05) is 13.8 Å². The first-order valence-corrected chi connectivity index (χ1v) is 7.56. The maximum Gasteiger partial charge on any atom is 0.331 e. The van der Waals surface area contributed by atoms with Crippen LogP contribution in [-0.4, -0.2) is 36.7 Å². The molecule has 1 aliphatic heterocycles. The molecule has 1 N–H and O–H groups in total. The fourth-order valence-corrected chi connectivity index (χ4v) is 1.95. The van der Waals surface area contributed by atoms with Gasteiger partial charge in [0.05, 0.1) is 16.6 Å². The molecule has 0 saturated heterocycles. The molecule has 1 aliphatic rings. The molecule has 9 heteroatoms. The molecule has 9 nitrogen and oxygen atoms in total. The minimum absolute atomic E-state index is 0.0206. The molecule has 0 saturated carbocycles. The van der Waals surface area contributed by atoms with Gasteiger partial charge in [-0.3, -0.25) is 14.9 Å². The second kappa shape index (κ2) is 8.13. The van der Waals surface area contributed by atoms with Crippen molar-refractivity contribution in [3.8, 4) is 11.5 Å². The number of ether oxygens (including phenoxy) is 3. The van der Waals surface area contributed by atoms with Crippen molar-refractivity contribution >= 4 is 23.6 Å². The van der Waals surface area contributed by atoms with Gasteiger partial charge in [0.1, 0.15) is 0 Å². The maximum absolute atomic E-state index is 11.7. The molecule has 0 radical (unpaired) electrons. The van der Waals surface area contributed by atoms with E-state index in [0.717, 1.165) is 6.08 Å².